The average Bonchev–Trinajstić information content (AvgIpc) is 1.61. The van der Waals surface area contributed by atoms with Gasteiger partial charge in [0.05, 0.1) is 0 Å². The molecule has 1 nitrogen and oxygen atoms in total. The molecule has 4 heteroatoms. The zero-order chi connectivity index (χ0) is 4.83. The van der Waals surface area contributed by atoms with Crippen LogP contribution in [-0.4, -0.2) is 7.85 Å². The summed E-state index contributed by atoms with van der Waals surface area (Å²) in [4.78, 5) is 0. The molecule has 0 aromatic rings. The average molecular weight is 367 g/mol. The van der Waals surface area contributed by atoms with Crippen molar-refractivity contribution >= 4 is 7.85 Å². The quantitative estimate of drug-likeness (QED) is 0.559. The molecule has 47 valence electrons. The predicted molar refractivity (Wildman–Crippen MR) is 34.1 cm³/mol. The van der Waals surface area contributed by atoms with Gasteiger partial charge in [0.1, 0.15) is 0 Å². The van der Waals surface area contributed by atoms with Crippen molar-refractivity contribution in [2.75, 3.05) is 0 Å². The molecule has 3 radical (unpaired) electrons. The van der Waals surface area contributed by atoms with Crippen molar-refractivity contribution in [3.8, 4) is 0 Å². The largest absolute Gasteiger partial charge is 2.00 e. The standard InChI is InChI=1S/C4H6BN.CH3.W.Y/c1-6-4-2-3-5;;;/h2-4,6H,1H2;1H3;;/q-2;-1;+2;/b3-2+;;;. The van der Waals surface area contributed by atoms with Crippen molar-refractivity contribution in [2.45, 2.75) is 0 Å². The van der Waals surface area contributed by atoms with Crippen LogP contribution in [0.2, 0.25) is 0 Å². The maximum absolute atomic E-state index is 4.93. The fraction of sp³-hybridized carbons (Fsp3) is 0. The van der Waals surface area contributed by atoms with E-state index < -0.39 is 0 Å². The molecule has 0 heterocycles. The molecule has 0 aliphatic heterocycles. The normalized spacial score (nSPS) is 6.33. The van der Waals surface area contributed by atoms with Gasteiger partial charge in [-0.25, -0.2) is 12.6 Å². The smallest absolute Gasteiger partial charge is 0.530 e. The van der Waals surface area contributed by atoms with Gasteiger partial charge in [-0.05, 0) is 7.85 Å². The summed E-state index contributed by atoms with van der Waals surface area (Å²) >= 11 is 0. The van der Waals surface area contributed by atoms with Gasteiger partial charge in [-0.1, -0.05) is 0 Å². The van der Waals surface area contributed by atoms with Crippen molar-refractivity contribution in [2.24, 2.45) is 0 Å². The van der Waals surface area contributed by atoms with Crippen LogP contribution in [0.3, 0.4) is 0 Å². The third-order valence-corrected chi connectivity index (χ3v) is 0.325. The summed E-state index contributed by atoms with van der Waals surface area (Å²) in [5, 5.41) is 2.53. The molecule has 0 aromatic carbocycles. The first-order chi connectivity index (χ1) is 2.91. The van der Waals surface area contributed by atoms with Gasteiger partial charge in [0.15, 0.2) is 0 Å². The molecule has 0 bridgehead atoms. The molecule has 0 aliphatic carbocycles. The molecule has 0 fully saturated rings. The monoisotopic (exact) mass is 367 g/mol. The van der Waals surface area contributed by atoms with Crippen LogP contribution in [0.5, 0.6) is 0 Å². The Kier molecular flexibility index (Phi) is 56.7. The van der Waals surface area contributed by atoms with Crippen molar-refractivity contribution < 1.29 is 53.8 Å². The van der Waals surface area contributed by atoms with E-state index in [4.69, 9.17) is 7.85 Å². The minimum absolute atomic E-state index is 0. The van der Waals surface area contributed by atoms with Gasteiger partial charge in [0, 0.05) is 32.7 Å². The molecule has 0 saturated heterocycles. The van der Waals surface area contributed by atoms with Gasteiger partial charge in [-0.15, -0.1) is 0 Å². The summed E-state index contributed by atoms with van der Waals surface area (Å²) in [6, 6.07) is 0. The molecule has 0 rings (SSSR count). The van der Waals surface area contributed by atoms with Gasteiger partial charge in [0.25, 0.3) is 0 Å². The third kappa shape index (κ3) is 26.5. The van der Waals surface area contributed by atoms with Crippen molar-refractivity contribution in [3.63, 3.8) is 0 Å². The molecular formula is C5H9BNWY-. The Morgan fingerprint density at radius 3 is 2.11 bits per heavy atom. The van der Waals surface area contributed by atoms with Gasteiger partial charge >= 0.3 is 21.1 Å². The van der Waals surface area contributed by atoms with E-state index in [1.165, 1.54) is 5.98 Å². The Bertz CT molecular complexity index is 52.2. The second-order valence-corrected chi connectivity index (χ2v) is 0.756. The first-order valence-electron chi connectivity index (χ1n) is 1.64. The van der Waals surface area contributed by atoms with Gasteiger partial charge < -0.3 is 12.7 Å². The van der Waals surface area contributed by atoms with E-state index in [1.807, 2.05) is 0 Å². The molecule has 0 saturated carbocycles. The number of rotatable bonds is 2. The number of hydrogen-bond donors (Lipinski definition) is 1. The summed E-state index contributed by atoms with van der Waals surface area (Å²) in [7, 11) is 8.25. The molecule has 0 aliphatic rings. The Morgan fingerprint density at radius 2 is 2.00 bits per heavy atom. The van der Waals surface area contributed by atoms with E-state index in [0.717, 1.165) is 0 Å². The maximum Gasteiger partial charge on any atom is 2.00 e. The zero-order valence-electron chi connectivity index (χ0n) is 5.50. The SMILES string of the molecule is [B]/C=C/[CH-]N[CH2-].[CH3-].[W+2].[Y]. The maximum atomic E-state index is 4.93. The molecule has 0 atom stereocenters. The number of nitrogens with one attached hydrogen (secondary N) is 1. The zero-order valence-corrected chi connectivity index (χ0v) is 11.3. The van der Waals surface area contributed by atoms with Crippen LogP contribution < -0.4 is 5.32 Å². The Morgan fingerprint density at radius 1 is 1.56 bits per heavy atom. The van der Waals surface area contributed by atoms with Crippen LogP contribution in [0.15, 0.2) is 12.1 Å². The van der Waals surface area contributed by atoms with Gasteiger partial charge in [-0.2, -0.15) is 0 Å². The summed E-state index contributed by atoms with van der Waals surface area (Å²) < 4.78 is 0. The first-order valence-corrected chi connectivity index (χ1v) is 1.64. The topological polar surface area (TPSA) is 12.0 Å². The van der Waals surface area contributed by atoms with Crippen molar-refractivity contribution in [3.05, 3.63) is 33.1 Å². The van der Waals surface area contributed by atoms with E-state index in [1.54, 1.807) is 12.6 Å². The van der Waals surface area contributed by atoms with Crippen LogP contribution in [0.1, 0.15) is 0 Å². The summed E-state index contributed by atoms with van der Waals surface area (Å²) in [6.07, 6.45) is 1.66. The number of hydrogen-bond acceptors (Lipinski definition) is 1. The van der Waals surface area contributed by atoms with Crippen LogP contribution in [-0.2, 0) is 53.8 Å². The van der Waals surface area contributed by atoms with Crippen molar-refractivity contribution in [1.82, 2.24) is 5.32 Å². The summed E-state index contributed by atoms with van der Waals surface area (Å²) in [5.74, 6) is 1.43. The first kappa shape index (κ1) is 22.4. The van der Waals surface area contributed by atoms with Crippen LogP contribution >= 0.6 is 0 Å². The molecule has 0 aromatic heterocycles. The fourth-order valence-corrected chi connectivity index (χ4v) is 0.124. The van der Waals surface area contributed by atoms with E-state index in [0.29, 0.717) is 0 Å². The van der Waals surface area contributed by atoms with Crippen LogP contribution in [0.4, 0.5) is 0 Å². The van der Waals surface area contributed by atoms with E-state index in [2.05, 4.69) is 12.4 Å². The molecule has 0 amide bonds. The summed E-state index contributed by atoms with van der Waals surface area (Å²) in [5.41, 5.74) is 0. The van der Waals surface area contributed by atoms with Gasteiger partial charge in [-0.3, -0.25) is 13.0 Å². The molecule has 9 heavy (non-hydrogen) atoms. The van der Waals surface area contributed by atoms with Crippen LogP contribution in [0, 0.1) is 21.0 Å². The van der Waals surface area contributed by atoms with Crippen molar-refractivity contribution in [1.29, 1.82) is 0 Å². The molecule has 0 unspecified atom stereocenters. The Hall–Kier alpha value is 1.43. The minimum Gasteiger partial charge on any atom is -0.530 e. The van der Waals surface area contributed by atoms with Crippen LogP contribution in [0.25, 0.3) is 0 Å². The van der Waals surface area contributed by atoms with E-state index in [9.17, 15) is 0 Å². The Balaban J connectivity index is -0.0000000417. The van der Waals surface area contributed by atoms with Gasteiger partial charge in [0.2, 0.25) is 0 Å². The minimum atomic E-state index is 0. The second kappa shape index (κ2) is 22.7. The van der Waals surface area contributed by atoms with E-state index >= 15 is 0 Å². The predicted octanol–water partition coefficient (Wildman–Crippen LogP) is 0.657. The molecule has 0 spiro atoms. The fourth-order valence-electron chi connectivity index (χ4n) is 0.124. The summed E-state index contributed by atoms with van der Waals surface area (Å²) in [6.45, 7) is 1.64. The third-order valence-electron chi connectivity index (χ3n) is 0.325. The molecular weight excluding hydrogens is 358 g/mol. The molecule has 1 N–H and O–H groups in total. The Labute approximate surface area is 99.0 Å². The second-order valence-electron chi connectivity index (χ2n) is 0.756. The van der Waals surface area contributed by atoms with E-state index in [-0.39, 0.29) is 61.2 Å².